The Kier molecular flexibility index (Phi) is 4.17. The predicted molar refractivity (Wildman–Crippen MR) is 84.1 cm³/mol. The number of aryl methyl sites for hydroxylation is 1. The second-order valence-electron chi connectivity index (χ2n) is 5.78. The van der Waals surface area contributed by atoms with Crippen molar-refractivity contribution < 1.29 is 4.79 Å². The summed E-state index contributed by atoms with van der Waals surface area (Å²) in [4.78, 5) is 14.6. The van der Waals surface area contributed by atoms with Crippen molar-refractivity contribution >= 4 is 16.8 Å². The summed E-state index contributed by atoms with van der Waals surface area (Å²) in [5, 5.41) is 1.13. The third-order valence-corrected chi connectivity index (χ3v) is 3.71. The van der Waals surface area contributed by atoms with E-state index in [1.54, 1.807) is 0 Å². The lowest BCUT2D eigenvalue weighted by Crippen LogP contribution is -2.42. The molecule has 0 aliphatic rings. The van der Waals surface area contributed by atoms with E-state index in [-0.39, 0.29) is 18.0 Å². The molecule has 0 radical (unpaired) electrons. The molecule has 3 heteroatoms. The van der Waals surface area contributed by atoms with Crippen LogP contribution in [0.25, 0.3) is 10.9 Å². The highest BCUT2D eigenvalue weighted by Crippen LogP contribution is 2.20. The molecule has 0 aliphatic heterocycles. The first-order chi connectivity index (χ1) is 9.45. The minimum Gasteiger partial charge on any atom is -0.348 e. The van der Waals surface area contributed by atoms with Crippen molar-refractivity contribution in [1.29, 1.82) is 0 Å². The average Bonchev–Trinajstić information content (AvgIpc) is 2.79. The Morgan fingerprint density at radius 2 is 1.80 bits per heavy atom. The summed E-state index contributed by atoms with van der Waals surface area (Å²) in [5.74, 6) is 0.112. The number of nitrogens with zero attached hydrogens (tertiary/aromatic N) is 2. The normalized spacial score (nSPS) is 11.6. The highest BCUT2D eigenvalue weighted by molar-refractivity contribution is 5.98. The molecule has 0 saturated carbocycles. The van der Waals surface area contributed by atoms with Crippen LogP contribution < -0.4 is 0 Å². The second-order valence-corrected chi connectivity index (χ2v) is 5.78. The van der Waals surface area contributed by atoms with Gasteiger partial charge in [-0.3, -0.25) is 4.79 Å². The van der Waals surface area contributed by atoms with E-state index in [0.29, 0.717) is 0 Å². The number of hydrogen-bond acceptors (Lipinski definition) is 1. The Labute approximate surface area is 121 Å². The monoisotopic (exact) mass is 272 g/mol. The lowest BCUT2D eigenvalue weighted by Gasteiger charge is -2.30. The molecule has 3 nitrogen and oxygen atoms in total. The van der Waals surface area contributed by atoms with Crippen LogP contribution in [0.15, 0.2) is 30.5 Å². The fourth-order valence-electron chi connectivity index (χ4n) is 2.82. The van der Waals surface area contributed by atoms with Gasteiger partial charge in [0.05, 0.1) is 0 Å². The number of hydrogen-bond donors (Lipinski definition) is 0. The van der Waals surface area contributed by atoms with Crippen molar-refractivity contribution in [1.82, 2.24) is 9.47 Å². The molecule has 2 aromatic rings. The van der Waals surface area contributed by atoms with Crippen molar-refractivity contribution in [2.75, 3.05) is 0 Å². The maximum atomic E-state index is 12.7. The summed E-state index contributed by atoms with van der Waals surface area (Å²) in [6.07, 6.45) is 2.07. The quantitative estimate of drug-likeness (QED) is 0.828. The lowest BCUT2D eigenvalue weighted by atomic mass is 10.1. The van der Waals surface area contributed by atoms with Crippen molar-refractivity contribution in [3.05, 3.63) is 36.0 Å². The van der Waals surface area contributed by atoms with Gasteiger partial charge in [0.1, 0.15) is 0 Å². The van der Waals surface area contributed by atoms with Gasteiger partial charge in [-0.25, -0.2) is 0 Å². The zero-order valence-electron chi connectivity index (χ0n) is 13.1. The molecule has 0 fully saturated rings. The van der Waals surface area contributed by atoms with Gasteiger partial charge in [0.25, 0.3) is 5.91 Å². The number of carbonyl (C=O) groups is 1. The molecule has 0 aliphatic carbocycles. The smallest absolute Gasteiger partial charge is 0.254 e. The van der Waals surface area contributed by atoms with Crippen molar-refractivity contribution in [2.45, 2.75) is 53.2 Å². The first-order valence-corrected chi connectivity index (χ1v) is 7.37. The maximum absolute atomic E-state index is 12.7. The molecule has 0 bridgehead atoms. The Hall–Kier alpha value is -1.77. The van der Waals surface area contributed by atoms with Crippen molar-refractivity contribution in [3.8, 4) is 0 Å². The number of benzene rings is 1. The maximum Gasteiger partial charge on any atom is 0.254 e. The molecule has 1 amide bonds. The molecule has 1 heterocycles. The van der Waals surface area contributed by atoms with Crippen molar-refractivity contribution in [3.63, 3.8) is 0 Å². The summed E-state index contributed by atoms with van der Waals surface area (Å²) in [7, 11) is 0. The molecule has 0 N–H and O–H groups in total. The van der Waals surface area contributed by atoms with Gasteiger partial charge in [-0.15, -0.1) is 0 Å². The number of fused-ring (bicyclic) bond motifs is 1. The molecule has 0 saturated heterocycles. The minimum absolute atomic E-state index is 0.112. The molecule has 2 rings (SSSR count). The number of carbonyl (C=O) groups excluding carboxylic acids is 1. The fourth-order valence-corrected chi connectivity index (χ4v) is 2.82. The van der Waals surface area contributed by atoms with E-state index in [1.807, 2.05) is 23.1 Å². The molecule has 1 aromatic carbocycles. The van der Waals surface area contributed by atoms with Gasteiger partial charge in [-0.1, -0.05) is 0 Å². The summed E-state index contributed by atoms with van der Waals surface area (Å²) in [5.41, 5.74) is 1.96. The van der Waals surface area contributed by atoms with Crippen LogP contribution in [0.1, 0.15) is 45.0 Å². The van der Waals surface area contributed by atoms with Crippen LogP contribution >= 0.6 is 0 Å². The molecule has 0 unspecified atom stereocenters. The van der Waals surface area contributed by atoms with Gasteiger partial charge in [-0.05, 0) is 58.9 Å². The summed E-state index contributed by atoms with van der Waals surface area (Å²) in [6, 6.07) is 8.48. The summed E-state index contributed by atoms with van der Waals surface area (Å²) >= 11 is 0. The zero-order valence-corrected chi connectivity index (χ0v) is 13.1. The van der Waals surface area contributed by atoms with E-state index in [9.17, 15) is 4.79 Å². The fraction of sp³-hybridized carbons (Fsp3) is 0.471. The van der Waals surface area contributed by atoms with Crippen molar-refractivity contribution in [2.24, 2.45) is 0 Å². The Balaban J connectivity index is 2.39. The van der Waals surface area contributed by atoms with E-state index in [1.165, 1.54) is 5.52 Å². The predicted octanol–water partition coefficient (Wildman–Crippen LogP) is 3.92. The van der Waals surface area contributed by atoms with E-state index in [0.717, 1.165) is 17.5 Å². The summed E-state index contributed by atoms with van der Waals surface area (Å²) < 4.78 is 2.19. The third-order valence-electron chi connectivity index (χ3n) is 3.71. The first kappa shape index (κ1) is 14.6. The molecule has 108 valence electrons. The zero-order chi connectivity index (χ0) is 14.9. The number of rotatable bonds is 4. The Morgan fingerprint density at radius 1 is 1.15 bits per heavy atom. The van der Waals surface area contributed by atoms with Gasteiger partial charge in [0, 0.05) is 41.3 Å². The Morgan fingerprint density at radius 3 is 2.35 bits per heavy atom. The van der Waals surface area contributed by atoms with Crippen LogP contribution in [0.5, 0.6) is 0 Å². The minimum atomic E-state index is 0.112. The van der Waals surface area contributed by atoms with Gasteiger partial charge >= 0.3 is 0 Å². The van der Waals surface area contributed by atoms with Gasteiger partial charge in [0.2, 0.25) is 0 Å². The van der Waals surface area contributed by atoms with Gasteiger partial charge < -0.3 is 9.47 Å². The van der Waals surface area contributed by atoms with Crippen LogP contribution in [0, 0.1) is 0 Å². The highest BCUT2D eigenvalue weighted by atomic mass is 16.2. The molecular weight excluding hydrogens is 248 g/mol. The van der Waals surface area contributed by atoms with E-state index in [2.05, 4.69) is 51.4 Å². The molecule has 1 aromatic heterocycles. The molecular formula is C17H24N2O. The van der Waals surface area contributed by atoms with E-state index in [4.69, 9.17) is 0 Å². The van der Waals surface area contributed by atoms with E-state index >= 15 is 0 Å². The lowest BCUT2D eigenvalue weighted by molar-refractivity contribution is 0.0644. The summed E-state index contributed by atoms with van der Waals surface area (Å²) in [6.45, 7) is 11.3. The van der Waals surface area contributed by atoms with Crippen LogP contribution in [0.2, 0.25) is 0 Å². The van der Waals surface area contributed by atoms with Crippen LogP contribution in [-0.2, 0) is 6.54 Å². The SMILES string of the molecule is CCn1ccc2cc(C(=O)N(C(C)C)C(C)C)ccc21. The number of amides is 1. The van der Waals surface area contributed by atoms with Crippen LogP contribution in [-0.4, -0.2) is 27.5 Å². The van der Waals surface area contributed by atoms with Crippen LogP contribution in [0.4, 0.5) is 0 Å². The highest BCUT2D eigenvalue weighted by Gasteiger charge is 2.21. The van der Waals surface area contributed by atoms with Gasteiger partial charge in [0.15, 0.2) is 0 Å². The molecule has 20 heavy (non-hydrogen) atoms. The second kappa shape index (κ2) is 5.70. The van der Waals surface area contributed by atoms with Crippen LogP contribution in [0.3, 0.4) is 0 Å². The average molecular weight is 272 g/mol. The largest absolute Gasteiger partial charge is 0.348 e. The molecule has 0 spiro atoms. The first-order valence-electron chi connectivity index (χ1n) is 7.37. The van der Waals surface area contributed by atoms with Gasteiger partial charge in [-0.2, -0.15) is 0 Å². The Bertz CT molecular complexity index is 602. The topological polar surface area (TPSA) is 25.2 Å². The molecule has 0 atom stereocenters. The van der Waals surface area contributed by atoms with E-state index < -0.39 is 0 Å². The standard InChI is InChI=1S/C17H24N2O/c1-6-18-10-9-14-11-15(7-8-16(14)18)17(20)19(12(2)3)13(4)5/h7-13H,6H2,1-5H3. The third kappa shape index (κ3) is 2.58. The number of aromatic nitrogens is 1.